The van der Waals surface area contributed by atoms with Crippen molar-refractivity contribution in [3.63, 3.8) is 0 Å². The van der Waals surface area contributed by atoms with Gasteiger partial charge in [-0.1, -0.05) is 6.07 Å². The van der Waals surface area contributed by atoms with E-state index in [-0.39, 0.29) is 22.8 Å². The molecule has 0 saturated heterocycles. The van der Waals surface area contributed by atoms with E-state index < -0.39 is 35.5 Å². The van der Waals surface area contributed by atoms with Crippen molar-refractivity contribution in [2.24, 2.45) is 0 Å². The average molecular weight is 425 g/mol. The van der Waals surface area contributed by atoms with E-state index in [0.29, 0.717) is 5.56 Å². The predicted molar refractivity (Wildman–Crippen MR) is 99.8 cm³/mol. The zero-order valence-electron chi connectivity index (χ0n) is 15.8. The number of hydrogen-bond donors (Lipinski definition) is 1. The predicted octanol–water partition coefficient (Wildman–Crippen LogP) is 3.68. The Kier molecular flexibility index (Phi) is 7.50. The molecule has 30 heavy (non-hydrogen) atoms. The zero-order valence-corrected chi connectivity index (χ0v) is 15.8. The molecule has 0 amide bonds. The number of phenols is 1. The first-order chi connectivity index (χ1) is 14.2. The van der Waals surface area contributed by atoms with Gasteiger partial charge in [0.05, 0.1) is 30.8 Å². The van der Waals surface area contributed by atoms with Crippen molar-refractivity contribution < 1.29 is 42.6 Å². The minimum Gasteiger partial charge on any atom is -0.504 e. The highest BCUT2D eigenvalue weighted by Crippen LogP contribution is 2.36. The third-order valence-electron chi connectivity index (χ3n) is 3.76. The second-order valence-electron chi connectivity index (χ2n) is 5.64. The third kappa shape index (κ3) is 5.80. The van der Waals surface area contributed by atoms with E-state index in [0.717, 1.165) is 18.2 Å². The number of methoxy groups -OCH3 is 2. The summed E-state index contributed by atoms with van der Waals surface area (Å²) in [7, 11) is 2.54. The molecule has 0 fully saturated rings. The van der Waals surface area contributed by atoms with Crippen LogP contribution in [0.25, 0.3) is 6.08 Å². The van der Waals surface area contributed by atoms with Crippen molar-refractivity contribution in [1.82, 2.24) is 0 Å². The molecule has 2 aromatic rings. The van der Waals surface area contributed by atoms with Crippen LogP contribution in [0.2, 0.25) is 0 Å². The van der Waals surface area contributed by atoms with Gasteiger partial charge in [-0.2, -0.15) is 8.78 Å². The molecule has 160 valence electrons. The van der Waals surface area contributed by atoms with Crippen LogP contribution in [0, 0.1) is 10.1 Å². The Morgan fingerprint density at radius 2 is 1.87 bits per heavy atom. The Labute approximate surface area is 169 Å². The molecule has 0 bridgehead atoms. The minimum atomic E-state index is -3.20. The number of rotatable bonds is 9. The van der Waals surface area contributed by atoms with Crippen molar-refractivity contribution in [2.45, 2.75) is 13.2 Å². The fraction of sp³-hybridized carbons (Fsp3) is 0.211. The lowest BCUT2D eigenvalue weighted by atomic mass is 10.1. The van der Waals surface area contributed by atoms with E-state index >= 15 is 0 Å². The summed E-state index contributed by atoms with van der Waals surface area (Å²) in [6.07, 6.45) is 2.46. The molecule has 0 spiro atoms. The first-order valence-electron chi connectivity index (χ1n) is 8.27. The number of esters is 1. The fourth-order valence-electron chi connectivity index (χ4n) is 2.38. The molecular weight excluding hydrogens is 408 g/mol. The molecule has 0 aliphatic rings. The summed E-state index contributed by atoms with van der Waals surface area (Å²) in [5.41, 5.74) is -0.124. The van der Waals surface area contributed by atoms with Crippen molar-refractivity contribution in [1.29, 1.82) is 0 Å². The van der Waals surface area contributed by atoms with Crippen LogP contribution in [0.15, 0.2) is 36.4 Å². The topological polar surface area (TPSA) is 117 Å². The molecule has 2 rings (SSSR count). The smallest absolute Gasteiger partial charge is 0.387 e. The van der Waals surface area contributed by atoms with E-state index in [4.69, 9.17) is 14.2 Å². The summed E-state index contributed by atoms with van der Waals surface area (Å²) < 4.78 is 44.0. The molecule has 9 nitrogen and oxygen atoms in total. The summed E-state index contributed by atoms with van der Waals surface area (Å²) in [6.45, 7) is -3.71. The molecular formula is C19H17F2NO8. The van der Waals surface area contributed by atoms with Crippen LogP contribution in [0.1, 0.15) is 11.1 Å². The summed E-state index contributed by atoms with van der Waals surface area (Å²) in [5.74, 6) is -1.38. The van der Waals surface area contributed by atoms with Crippen LogP contribution >= 0.6 is 0 Å². The number of carbonyl (C=O) groups excluding carboxylic acids is 1. The maximum atomic E-state index is 12.5. The van der Waals surface area contributed by atoms with Crippen molar-refractivity contribution in [2.75, 3.05) is 14.2 Å². The summed E-state index contributed by atoms with van der Waals surface area (Å²) >= 11 is 0. The van der Waals surface area contributed by atoms with Crippen LogP contribution in [-0.2, 0) is 16.1 Å². The number of alkyl halides is 2. The Bertz CT molecular complexity index is 962. The number of carbonyl (C=O) groups is 1. The Morgan fingerprint density at radius 3 is 2.47 bits per heavy atom. The Balaban J connectivity index is 2.15. The number of nitro benzene ring substituents is 1. The molecule has 11 heteroatoms. The van der Waals surface area contributed by atoms with Crippen LogP contribution < -0.4 is 14.2 Å². The second kappa shape index (κ2) is 10.0. The molecule has 0 unspecified atom stereocenters. The van der Waals surface area contributed by atoms with Gasteiger partial charge in [-0.15, -0.1) is 0 Å². The number of nitrogens with zero attached hydrogens (tertiary/aromatic N) is 1. The van der Waals surface area contributed by atoms with Gasteiger partial charge in [0.15, 0.2) is 23.0 Å². The number of phenolic OH excluding ortho intramolecular Hbond substituents is 1. The number of ether oxygens (including phenoxy) is 4. The van der Waals surface area contributed by atoms with Gasteiger partial charge in [-0.3, -0.25) is 10.1 Å². The van der Waals surface area contributed by atoms with E-state index in [1.165, 1.54) is 38.5 Å². The summed E-state index contributed by atoms with van der Waals surface area (Å²) in [6, 6.07) is 6.24. The number of benzene rings is 2. The van der Waals surface area contributed by atoms with Gasteiger partial charge in [0.2, 0.25) is 0 Å². The van der Waals surface area contributed by atoms with Gasteiger partial charge in [0, 0.05) is 6.08 Å². The van der Waals surface area contributed by atoms with Crippen molar-refractivity contribution >= 4 is 17.7 Å². The van der Waals surface area contributed by atoms with E-state index in [1.54, 1.807) is 0 Å². The summed E-state index contributed by atoms with van der Waals surface area (Å²) in [5, 5.41) is 20.8. The maximum absolute atomic E-state index is 12.5. The Hall–Kier alpha value is -3.89. The molecule has 0 aliphatic heterocycles. The highest BCUT2D eigenvalue weighted by Gasteiger charge is 2.22. The SMILES string of the molecule is COc1cc(/C=C/C(=O)OCc2cc(OC)c(OC(F)F)cc2[N+](=O)[O-])ccc1O. The number of aromatic hydroxyl groups is 1. The maximum Gasteiger partial charge on any atom is 0.387 e. The van der Waals surface area contributed by atoms with E-state index in [1.807, 2.05) is 0 Å². The van der Waals surface area contributed by atoms with Crippen molar-refractivity contribution in [3.8, 4) is 23.0 Å². The van der Waals surface area contributed by atoms with Gasteiger partial charge in [-0.25, -0.2) is 4.79 Å². The second-order valence-corrected chi connectivity index (χ2v) is 5.64. The highest BCUT2D eigenvalue weighted by atomic mass is 19.3. The van der Waals surface area contributed by atoms with Crippen LogP contribution in [0.3, 0.4) is 0 Å². The number of halogens is 2. The van der Waals surface area contributed by atoms with Gasteiger partial charge < -0.3 is 24.1 Å². The normalized spacial score (nSPS) is 10.8. The third-order valence-corrected chi connectivity index (χ3v) is 3.76. The van der Waals surface area contributed by atoms with Crippen LogP contribution in [0.5, 0.6) is 23.0 Å². The molecule has 0 atom stereocenters. The fourth-order valence-corrected chi connectivity index (χ4v) is 2.38. The van der Waals surface area contributed by atoms with Gasteiger partial charge >= 0.3 is 12.6 Å². The lowest BCUT2D eigenvalue weighted by molar-refractivity contribution is -0.386. The standard InChI is InChI=1S/C19H17F2NO8/c1-27-15-7-11(3-5-14(15)23)4-6-18(24)29-10-12-8-16(28-2)17(30-19(20)21)9-13(12)22(25)26/h3-9,19,23H,10H2,1-2H3/b6-4+. The molecule has 0 radical (unpaired) electrons. The number of hydrogen-bond acceptors (Lipinski definition) is 8. The van der Waals surface area contributed by atoms with Gasteiger partial charge in [-0.05, 0) is 29.8 Å². The van der Waals surface area contributed by atoms with Crippen LogP contribution in [0.4, 0.5) is 14.5 Å². The van der Waals surface area contributed by atoms with Crippen LogP contribution in [-0.4, -0.2) is 36.8 Å². The molecule has 0 aliphatic carbocycles. The molecule has 1 N–H and O–H groups in total. The molecule has 0 aromatic heterocycles. The average Bonchev–Trinajstić information content (AvgIpc) is 2.71. The highest BCUT2D eigenvalue weighted by molar-refractivity contribution is 5.87. The monoisotopic (exact) mass is 425 g/mol. The first-order valence-corrected chi connectivity index (χ1v) is 8.27. The lowest BCUT2D eigenvalue weighted by Crippen LogP contribution is -2.07. The first kappa shape index (κ1) is 22.4. The molecule has 0 saturated carbocycles. The van der Waals surface area contributed by atoms with Gasteiger partial charge in [0.25, 0.3) is 5.69 Å². The zero-order chi connectivity index (χ0) is 22.3. The minimum absolute atomic E-state index is 0.0715. The quantitative estimate of drug-likeness (QED) is 0.280. The summed E-state index contributed by atoms with van der Waals surface area (Å²) in [4.78, 5) is 22.4. The van der Waals surface area contributed by atoms with E-state index in [9.17, 15) is 28.8 Å². The number of nitro groups is 1. The molecule has 2 aromatic carbocycles. The Morgan fingerprint density at radius 1 is 1.17 bits per heavy atom. The van der Waals surface area contributed by atoms with Crippen molar-refractivity contribution in [3.05, 3.63) is 57.6 Å². The lowest BCUT2D eigenvalue weighted by Gasteiger charge is -2.12. The van der Waals surface area contributed by atoms with E-state index in [2.05, 4.69) is 4.74 Å². The van der Waals surface area contributed by atoms with Gasteiger partial charge in [0.1, 0.15) is 6.61 Å². The molecule has 0 heterocycles. The largest absolute Gasteiger partial charge is 0.504 e.